The number of hydrogen-bond donors (Lipinski definition) is 1. The third-order valence-corrected chi connectivity index (χ3v) is 4.18. The molecule has 108 valence electrons. The number of nitrogens with zero attached hydrogens (tertiary/aromatic N) is 2. The van der Waals surface area contributed by atoms with Crippen molar-refractivity contribution in [3.8, 4) is 0 Å². The Morgan fingerprint density at radius 2 is 2.15 bits per heavy atom. The SMILES string of the molecule is Cc1nn(C)c(Sc2cccc(F)c2)c1CNC(C)C. The molecule has 0 atom stereocenters. The fourth-order valence-electron chi connectivity index (χ4n) is 1.96. The molecule has 20 heavy (non-hydrogen) atoms. The lowest BCUT2D eigenvalue weighted by Gasteiger charge is -2.10. The minimum Gasteiger partial charge on any atom is -0.310 e. The van der Waals surface area contributed by atoms with Gasteiger partial charge in [-0.1, -0.05) is 31.7 Å². The van der Waals surface area contributed by atoms with Crippen LogP contribution in [0.4, 0.5) is 4.39 Å². The fourth-order valence-corrected chi connectivity index (χ4v) is 3.02. The number of benzene rings is 1. The van der Waals surface area contributed by atoms with Gasteiger partial charge in [0.05, 0.1) is 5.69 Å². The van der Waals surface area contributed by atoms with E-state index in [1.807, 2.05) is 24.7 Å². The molecular formula is C15H20FN3S. The summed E-state index contributed by atoms with van der Waals surface area (Å²) in [5.41, 5.74) is 2.19. The van der Waals surface area contributed by atoms with Crippen molar-refractivity contribution < 1.29 is 4.39 Å². The first kappa shape index (κ1) is 15.1. The average molecular weight is 293 g/mol. The molecule has 2 aromatic rings. The van der Waals surface area contributed by atoms with Gasteiger partial charge in [0.15, 0.2) is 0 Å². The van der Waals surface area contributed by atoms with Crippen LogP contribution in [0.3, 0.4) is 0 Å². The fraction of sp³-hybridized carbons (Fsp3) is 0.400. The van der Waals surface area contributed by atoms with Crippen LogP contribution in [0.5, 0.6) is 0 Å². The van der Waals surface area contributed by atoms with Crippen LogP contribution >= 0.6 is 11.8 Å². The van der Waals surface area contributed by atoms with E-state index in [2.05, 4.69) is 24.3 Å². The highest BCUT2D eigenvalue weighted by atomic mass is 32.2. The molecular weight excluding hydrogens is 273 g/mol. The number of rotatable bonds is 5. The molecule has 1 heterocycles. The first-order chi connectivity index (χ1) is 9.47. The second kappa shape index (κ2) is 6.41. The quantitative estimate of drug-likeness (QED) is 0.915. The monoisotopic (exact) mass is 293 g/mol. The minimum atomic E-state index is -0.212. The molecule has 2 rings (SSSR count). The summed E-state index contributed by atoms with van der Waals surface area (Å²) in [6.07, 6.45) is 0. The Hall–Kier alpha value is -1.33. The normalized spacial score (nSPS) is 11.3. The zero-order valence-electron chi connectivity index (χ0n) is 12.3. The van der Waals surface area contributed by atoms with Gasteiger partial charge < -0.3 is 5.32 Å². The number of halogens is 1. The van der Waals surface area contributed by atoms with Crippen LogP contribution in [0.15, 0.2) is 34.2 Å². The second-order valence-corrected chi connectivity index (χ2v) is 6.15. The van der Waals surface area contributed by atoms with Gasteiger partial charge in [-0.15, -0.1) is 0 Å². The van der Waals surface area contributed by atoms with Gasteiger partial charge in [-0.3, -0.25) is 4.68 Å². The molecule has 1 aromatic heterocycles. The zero-order chi connectivity index (χ0) is 14.7. The Kier molecular flexibility index (Phi) is 4.83. The van der Waals surface area contributed by atoms with Crippen LogP contribution in [0.25, 0.3) is 0 Å². The van der Waals surface area contributed by atoms with Crippen molar-refractivity contribution in [1.29, 1.82) is 0 Å². The van der Waals surface area contributed by atoms with E-state index in [0.29, 0.717) is 6.04 Å². The van der Waals surface area contributed by atoms with Gasteiger partial charge in [-0.2, -0.15) is 5.10 Å². The number of nitrogens with one attached hydrogen (secondary N) is 1. The Labute approximate surface area is 123 Å². The van der Waals surface area contributed by atoms with Gasteiger partial charge in [0, 0.05) is 30.1 Å². The standard InChI is InChI=1S/C15H20FN3S/c1-10(2)17-9-14-11(3)18-19(4)15(14)20-13-7-5-6-12(16)8-13/h5-8,10,17H,9H2,1-4H3. The van der Waals surface area contributed by atoms with E-state index >= 15 is 0 Å². The van der Waals surface area contributed by atoms with E-state index in [1.165, 1.54) is 11.6 Å². The summed E-state index contributed by atoms with van der Waals surface area (Å²) < 4.78 is 15.1. The molecule has 0 fully saturated rings. The second-order valence-electron chi connectivity index (χ2n) is 5.09. The molecule has 0 unspecified atom stereocenters. The highest BCUT2D eigenvalue weighted by Crippen LogP contribution is 2.31. The van der Waals surface area contributed by atoms with Gasteiger partial charge in [-0.25, -0.2) is 4.39 Å². The predicted octanol–water partition coefficient (Wildman–Crippen LogP) is 3.52. The van der Waals surface area contributed by atoms with E-state index < -0.39 is 0 Å². The Balaban J connectivity index is 2.26. The van der Waals surface area contributed by atoms with E-state index in [1.54, 1.807) is 23.9 Å². The van der Waals surface area contributed by atoms with Gasteiger partial charge in [0.2, 0.25) is 0 Å². The summed E-state index contributed by atoms with van der Waals surface area (Å²) in [5, 5.41) is 8.94. The van der Waals surface area contributed by atoms with E-state index in [9.17, 15) is 4.39 Å². The van der Waals surface area contributed by atoms with Crippen LogP contribution in [0.1, 0.15) is 25.1 Å². The van der Waals surface area contributed by atoms with Crippen molar-refractivity contribution in [2.75, 3.05) is 0 Å². The van der Waals surface area contributed by atoms with Crippen LogP contribution in [0, 0.1) is 12.7 Å². The third kappa shape index (κ3) is 3.61. The molecule has 0 aliphatic rings. The Morgan fingerprint density at radius 3 is 2.80 bits per heavy atom. The highest BCUT2D eigenvalue weighted by Gasteiger charge is 2.14. The highest BCUT2D eigenvalue weighted by molar-refractivity contribution is 7.99. The van der Waals surface area contributed by atoms with Crippen molar-refractivity contribution in [2.24, 2.45) is 7.05 Å². The number of aromatic nitrogens is 2. The van der Waals surface area contributed by atoms with Crippen molar-refractivity contribution in [3.63, 3.8) is 0 Å². The lowest BCUT2D eigenvalue weighted by Crippen LogP contribution is -2.22. The molecule has 0 aliphatic heterocycles. The van der Waals surface area contributed by atoms with Crippen molar-refractivity contribution in [1.82, 2.24) is 15.1 Å². The molecule has 0 aliphatic carbocycles. The summed E-state index contributed by atoms with van der Waals surface area (Å²) in [6.45, 7) is 7.01. The van der Waals surface area contributed by atoms with Crippen LogP contribution in [0.2, 0.25) is 0 Å². The molecule has 0 bridgehead atoms. The van der Waals surface area contributed by atoms with Gasteiger partial charge in [0.1, 0.15) is 10.8 Å². The van der Waals surface area contributed by atoms with E-state index in [-0.39, 0.29) is 5.82 Å². The maximum atomic E-state index is 13.3. The van der Waals surface area contributed by atoms with Crippen LogP contribution in [-0.4, -0.2) is 15.8 Å². The molecule has 0 amide bonds. The molecule has 5 heteroatoms. The maximum absolute atomic E-state index is 13.3. The van der Waals surface area contributed by atoms with Crippen molar-refractivity contribution in [2.45, 2.75) is 43.3 Å². The largest absolute Gasteiger partial charge is 0.310 e. The predicted molar refractivity (Wildman–Crippen MR) is 80.4 cm³/mol. The topological polar surface area (TPSA) is 29.9 Å². The molecule has 0 saturated heterocycles. The van der Waals surface area contributed by atoms with Crippen LogP contribution in [-0.2, 0) is 13.6 Å². The van der Waals surface area contributed by atoms with Gasteiger partial charge in [-0.05, 0) is 25.1 Å². The number of hydrogen-bond acceptors (Lipinski definition) is 3. The van der Waals surface area contributed by atoms with Crippen molar-refractivity contribution in [3.05, 3.63) is 41.3 Å². The first-order valence-electron chi connectivity index (χ1n) is 6.66. The summed E-state index contributed by atoms with van der Waals surface area (Å²) in [4.78, 5) is 0.888. The molecule has 1 N–H and O–H groups in total. The number of aryl methyl sites for hydroxylation is 2. The van der Waals surface area contributed by atoms with Crippen LogP contribution < -0.4 is 5.32 Å². The van der Waals surface area contributed by atoms with Crippen molar-refractivity contribution >= 4 is 11.8 Å². The molecule has 0 radical (unpaired) electrons. The summed E-state index contributed by atoms with van der Waals surface area (Å²) >= 11 is 1.55. The molecule has 0 spiro atoms. The van der Waals surface area contributed by atoms with E-state index in [4.69, 9.17) is 0 Å². The average Bonchev–Trinajstić information content (AvgIpc) is 2.62. The van der Waals surface area contributed by atoms with Gasteiger partial charge in [0.25, 0.3) is 0 Å². The summed E-state index contributed by atoms with van der Waals surface area (Å²) in [6, 6.07) is 7.07. The lowest BCUT2D eigenvalue weighted by molar-refractivity contribution is 0.580. The summed E-state index contributed by atoms with van der Waals surface area (Å²) in [5.74, 6) is -0.212. The molecule has 3 nitrogen and oxygen atoms in total. The Bertz CT molecular complexity index is 593. The molecule has 0 saturated carbocycles. The lowest BCUT2D eigenvalue weighted by atomic mass is 10.2. The Morgan fingerprint density at radius 1 is 1.40 bits per heavy atom. The smallest absolute Gasteiger partial charge is 0.124 e. The third-order valence-electron chi connectivity index (χ3n) is 2.99. The minimum absolute atomic E-state index is 0.212. The molecule has 1 aromatic carbocycles. The zero-order valence-corrected chi connectivity index (χ0v) is 13.1. The summed E-state index contributed by atoms with van der Waals surface area (Å²) in [7, 11) is 1.92. The first-order valence-corrected chi connectivity index (χ1v) is 7.48. The maximum Gasteiger partial charge on any atom is 0.124 e. The van der Waals surface area contributed by atoms with E-state index in [0.717, 1.165) is 22.2 Å². The van der Waals surface area contributed by atoms with Gasteiger partial charge >= 0.3 is 0 Å².